The molecule has 0 radical (unpaired) electrons. The molecule has 0 spiro atoms. The first-order valence-corrected chi connectivity index (χ1v) is 7.17. The van der Waals surface area contributed by atoms with Gasteiger partial charge in [-0.1, -0.05) is 18.2 Å². The van der Waals surface area contributed by atoms with E-state index in [9.17, 15) is 4.79 Å². The molecule has 0 aliphatic heterocycles. The van der Waals surface area contributed by atoms with Crippen LogP contribution < -0.4 is 5.32 Å². The number of nitriles is 1. The SMILES string of the molecule is N#Cc1ccc(C(=O)NCc2cccc(-c3ccco3)c2)cc1. The number of rotatable bonds is 4. The van der Waals surface area contributed by atoms with Crippen molar-refractivity contribution >= 4 is 5.91 Å². The van der Waals surface area contributed by atoms with E-state index < -0.39 is 0 Å². The summed E-state index contributed by atoms with van der Waals surface area (Å²) >= 11 is 0. The second kappa shape index (κ2) is 6.63. The quantitative estimate of drug-likeness (QED) is 0.798. The number of nitrogens with one attached hydrogen (secondary N) is 1. The predicted octanol–water partition coefficient (Wildman–Crippen LogP) is 3.75. The topological polar surface area (TPSA) is 66.0 Å². The van der Waals surface area contributed by atoms with E-state index in [2.05, 4.69) is 5.32 Å². The molecule has 112 valence electrons. The van der Waals surface area contributed by atoms with Crippen molar-refractivity contribution in [3.8, 4) is 17.4 Å². The van der Waals surface area contributed by atoms with Gasteiger partial charge in [0, 0.05) is 17.7 Å². The monoisotopic (exact) mass is 302 g/mol. The highest BCUT2D eigenvalue weighted by Crippen LogP contribution is 2.20. The lowest BCUT2D eigenvalue weighted by molar-refractivity contribution is 0.0951. The van der Waals surface area contributed by atoms with Crippen LogP contribution >= 0.6 is 0 Å². The van der Waals surface area contributed by atoms with Crippen molar-refractivity contribution in [2.24, 2.45) is 0 Å². The third-order valence-electron chi connectivity index (χ3n) is 3.46. The average molecular weight is 302 g/mol. The third kappa shape index (κ3) is 3.47. The molecule has 1 amide bonds. The van der Waals surface area contributed by atoms with Gasteiger partial charge in [-0.15, -0.1) is 0 Å². The first-order chi connectivity index (χ1) is 11.3. The highest BCUT2D eigenvalue weighted by molar-refractivity contribution is 5.94. The number of benzene rings is 2. The second-order valence-electron chi connectivity index (χ2n) is 5.05. The lowest BCUT2D eigenvalue weighted by Crippen LogP contribution is -2.22. The van der Waals surface area contributed by atoms with E-state index in [1.54, 1.807) is 30.5 Å². The maximum absolute atomic E-state index is 12.1. The van der Waals surface area contributed by atoms with Gasteiger partial charge in [0.1, 0.15) is 5.76 Å². The molecule has 1 heterocycles. The van der Waals surface area contributed by atoms with E-state index in [4.69, 9.17) is 9.68 Å². The number of furan rings is 1. The molecule has 0 bridgehead atoms. The lowest BCUT2D eigenvalue weighted by Gasteiger charge is -2.07. The van der Waals surface area contributed by atoms with Crippen LogP contribution in [0.5, 0.6) is 0 Å². The van der Waals surface area contributed by atoms with E-state index in [-0.39, 0.29) is 5.91 Å². The minimum Gasteiger partial charge on any atom is -0.464 e. The lowest BCUT2D eigenvalue weighted by atomic mass is 10.1. The molecule has 0 unspecified atom stereocenters. The number of hydrogen-bond acceptors (Lipinski definition) is 3. The molecule has 23 heavy (non-hydrogen) atoms. The van der Waals surface area contributed by atoms with Crippen LogP contribution in [0.25, 0.3) is 11.3 Å². The van der Waals surface area contributed by atoms with Crippen molar-refractivity contribution < 1.29 is 9.21 Å². The van der Waals surface area contributed by atoms with Gasteiger partial charge >= 0.3 is 0 Å². The van der Waals surface area contributed by atoms with Gasteiger partial charge in [0.05, 0.1) is 17.9 Å². The zero-order valence-corrected chi connectivity index (χ0v) is 12.3. The summed E-state index contributed by atoms with van der Waals surface area (Å²) in [7, 11) is 0. The molecule has 2 aromatic carbocycles. The predicted molar refractivity (Wildman–Crippen MR) is 86.5 cm³/mol. The number of hydrogen-bond donors (Lipinski definition) is 1. The summed E-state index contributed by atoms with van der Waals surface area (Å²) in [5, 5.41) is 11.6. The smallest absolute Gasteiger partial charge is 0.251 e. The van der Waals surface area contributed by atoms with Gasteiger partial charge in [0.2, 0.25) is 0 Å². The summed E-state index contributed by atoms with van der Waals surface area (Å²) in [5.74, 6) is 0.628. The van der Waals surface area contributed by atoms with E-state index >= 15 is 0 Å². The molecule has 0 saturated carbocycles. The Hall–Kier alpha value is -3.32. The maximum atomic E-state index is 12.1. The molecule has 4 nitrogen and oxygen atoms in total. The summed E-state index contributed by atoms with van der Waals surface area (Å²) in [5.41, 5.74) is 3.03. The van der Waals surface area contributed by atoms with Crippen LogP contribution in [0.1, 0.15) is 21.5 Å². The number of carbonyl (C=O) groups is 1. The van der Waals surface area contributed by atoms with Gasteiger partial charge in [-0.3, -0.25) is 4.79 Å². The normalized spacial score (nSPS) is 10.0. The Bertz CT molecular complexity index is 844. The molecule has 1 aromatic heterocycles. The van der Waals surface area contributed by atoms with E-state index in [1.807, 2.05) is 42.5 Å². The van der Waals surface area contributed by atoms with Crippen molar-refractivity contribution in [2.45, 2.75) is 6.54 Å². The summed E-state index contributed by atoms with van der Waals surface area (Å²) in [4.78, 5) is 12.1. The van der Waals surface area contributed by atoms with Crippen LogP contribution in [-0.4, -0.2) is 5.91 Å². The van der Waals surface area contributed by atoms with Crippen LogP contribution in [0.4, 0.5) is 0 Å². The van der Waals surface area contributed by atoms with Gasteiger partial charge in [-0.25, -0.2) is 0 Å². The molecule has 0 saturated heterocycles. The fourth-order valence-electron chi connectivity index (χ4n) is 2.26. The Labute approximate surface area is 134 Å². The highest BCUT2D eigenvalue weighted by atomic mass is 16.3. The van der Waals surface area contributed by atoms with Crippen molar-refractivity contribution in [3.63, 3.8) is 0 Å². The summed E-state index contributed by atoms with van der Waals surface area (Å²) in [6.45, 7) is 0.424. The van der Waals surface area contributed by atoms with Gasteiger partial charge in [0.15, 0.2) is 0 Å². The zero-order valence-electron chi connectivity index (χ0n) is 12.3. The largest absolute Gasteiger partial charge is 0.464 e. The summed E-state index contributed by atoms with van der Waals surface area (Å²) in [6, 6.07) is 20.2. The van der Waals surface area contributed by atoms with Crippen molar-refractivity contribution in [1.82, 2.24) is 5.32 Å². The maximum Gasteiger partial charge on any atom is 0.251 e. The highest BCUT2D eigenvalue weighted by Gasteiger charge is 2.06. The van der Waals surface area contributed by atoms with Gasteiger partial charge in [0.25, 0.3) is 5.91 Å². The van der Waals surface area contributed by atoms with Crippen molar-refractivity contribution in [3.05, 3.63) is 83.6 Å². The summed E-state index contributed by atoms with van der Waals surface area (Å²) in [6.07, 6.45) is 1.63. The Kier molecular flexibility index (Phi) is 4.21. The van der Waals surface area contributed by atoms with Crippen molar-refractivity contribution in [2.75, 3.05) is 0 Å². The van der Waals surface area contributed by atoms with Gasteiger partial charge in [-0.05, 0) is 48.0 Å². The minimum atomic E-state index is -0.169. The molecule has 1 N–H and O–H groups in total. The van der Waals surface area contributed by atoms with Crippen LogP contribution in [0.2, 0.25) is 0 Å². The van der Waals surface area contributed by atoms with Crippen LogP contribution in [0.3, 0.4) is 0 Å². The molecule has 0 atom stereocenters. The Morgan fingerprint density at radius 2 is 1.91 bits per heavy atom. The molecule has 0 aliphatic rings. The minimum absolute atomic E-state index is 0.169. The molecule has 3 aromatic rings. The zero-order chi connectivity index (χ0) is 16.1. The molecule has 4 heteroatoms. The average Bonchev–Trinajstić information content (AvgIpc) is 3.15. The molecule has 3 rings (SSSR count). The number of amides is 1. The number of carbonyl (C=O) groups excluding carboxylic acids is 1. The van der Waals surface area contributed by atoms with E-state index in [0.29, 0.717) is 17.7 Å². The Balaban J connectivity index is 1.67. The Morgan fingerprint density at radius 1 is 1.09 bits per heavy atom. The first-order valence-electron chi connectivity index (χ1n) is 7.17. The van der Waals surface area contributed by atoms with E-state index in [0.717, 1.165) is 16.9 Å². The Morgan fingerprint density at radius 3 is 2.61 bits per heavy atom. The standard InChI is InChI=1S/C19H14N2O2/c20-12-14-6-8-16(9-7-14)19(22)21-13-15-3-1-4-17(11-15)18-5-2-10-23-18/h1-11H,13H2,(H,21,22). The first kappa shape index (κ1) is 14.6. The van der Waals surface area contributed by atoms with Crippen LogP contribution in [-0.2, 0) is 6.54 Å². The van der Waals surface area contributed by atoms with E-state index in [1.165, 1.54) is 0 Å². The van der Waals surface area contributed by atoms with Crippen LogP contribution in [0.15, 0.2) is 71.3 Å². The molecular formula is C19H14N2O2. The fourth-order valence-corrected chi connectivity index (χ4v) is 2.26. The van der Waals surface area contributed by atoms with Gasteiger partial charge in [-0.2, -0.15) is 5.26 Å². The molecular weight excluding hydrogens is 288 g/mol. The van der Waals surface area contributed by atoms with Crippen molar-refractivity contribution in [1.29, 1.82) is 5.26 Å². The number of nitrogens with zero attached hydrogens (tertiary/aromatic N) is 1. The summed E-state index contributed by atoms with van der Waals surface area (Å²) < 4.78 is 5.38. The molecule has 0 aliphatic carbocycles. The van der Waals surface area contributed by atoms with Crippen LogP contribution in [0, 0.1) is 11.3 Å². The second-order valence-corrected chi connectivity index (χ2v) is 5.05. The van der Waals surface area contributed by atoms with Gasteiger partial charge < -0.3 is 9.73 Å². The fraction of sp³-hybridized carbons (Fsp3) is 0.0526. The molecule has 0 fully saturated rings. The third-order valence-corrected chi connectivity index (χ3v) is 3.46.